The zero-order valence-corrected chi connectivity index (χ0v) is 19.7. The second-order valence-electron chi connectivity index (χ2n) is 8.62. The topological polar surface area (TPSA) is 103 Å². The molecule has 2 aromatic carbocycles. The van der Waals surface area contributed by atoms with Crippen molar-refractivity contribution in [3.05, 3.63) is 66.6 Å². The normalized spacial score (nSPS) is 18.4. The van der Waals surface area contributed by atoms with Gasteiger partial charge in [-0.05, 0) is 55.3 Å². The van der Waals surface area contributed by atoms with Crippen LogP contribution in [-0.2, 0) is 10.7 Å². The molecule has 1 aliphatic rings. The van der Waals surface area contributed by atoms with E-state index >= 15 is 0 Å². The molecule has 2 atom stereocenters. The number of piperazine rings is 1. The SMILES string of the molecule is C[C@@H]1CNC[C@H](C)N1c1ccc(-c2cnc3c(-c4cc(C#N)cc([SH](=O)=O)c4)cnn3c2)cc1. The quantitative estimate of drug-likeness (QED) is 0.440. The van der Waals surface area contributed by atoms with Crippen LogP contribution in [0.15, 0.2) is 66.0 Å². The molecule has 2 aromatic heterocycles. The Labute approximate surface area is 199 Å². The molecular weight excluding hydrogens is 448 g/mol. The fourth-order valence-corrected chi connectivity index (χ4v) is 5.12. The van der Waals surface area contributed by atoms with Gasteiger partial charge in [0.05, 0.1) is 22.7 Å². The standard InChI is InChI=1S/C25H24N6O2S/c1-16-11-27-12-17(2)31(16)22-5-3-19(4-6-22)21-13-28-25-24(14-29-30(25)15-21)20-7-18(10-26)8-23(9-20)34(32)33/h3-9,13-17,27,34H,11-12H2,1-2H3/t16-,17+. The van der Waals surface area contributed by atoms with E-state index in [1.807, 2.05) is 12.3 Å². The highest BCUT2D eigenvalue weighted by atomic mass is 32.2. The summed E-state index contributed by atoms with van der Waals surface area (Å²) in [5.74, 6) is 0. The highest BCUT2D eigenvalue weighted by Gasteiger charge is 2.24. The van der Waals surface area contributed by atoms with E-state index in [-0.39, 0.29) is 10.5 Å². The molecule has 0 spiro atoms. The molecule has 0 aliphatic carbocycles. The molecule has 0 saturated carbocycles. The highest BCUT2D eigenvalue weighted by Crippen LogP contribution is 2.29. The summed E-state index contributed by atoms with van der Waals surface area (Å²) >= 11 is 0. The van der Waals surface area contributed by atoms with Crippen LogP contribution >= 0.6 is 0 Å². The summed E-state index contributed by atoms with van der Waals surface area (Å²) in [6, 6.07) is 15.9. The lowest BCUT2D eigenvalue weighted by molar-refractivity contribution is 0.432. The predicted octanol–water partition coefficient (Wildman–Crippen LogP) is 3.09. The lowest BCUT2D eigenvalue weighted by atomic mass is 10.0. The van der Waals surface area contributed by atoms with Gasteiger partial charge in [0.2, 0.25) is 0 Å². The maximum absolute atomic E-state index is 11.5. The number of hydrogen-bond acceptors (Lipinski definition) is 7. The van der Waals surface area contributed by atoms with Gasteiger partial charge in [0.1, 0.15) is 0 Å². The first-order valence-corrected chi connectivity index (χ1v) is 12.2. The number of anilines is 1. The summed E-state index contributed by atoms with van der Waals surface area (Å²) in [7, 11) is -2.81. The summed E-state index contributed by atoms with van der Waals surface area (Å²) in [5.41, 5.74) is 5.27. The van der Waals surface area contributed by atoms with Crippen LogP contribution in [-0.4, -0.2) is 48.2 Å². The lowest BCUT2D eigenvalue weighted by Crippen LogP contribution is -2.55. The summed E-state index contributed by atoms with van der Waals surface area (Å²) in [6.07, 6.45) is 5.33. The monoisotopic (exact) mass is 472 g/mol. The molecule has 0 amide bonds. The molecule has 0 unspecified atom stereocenters. The number of rotatable bonds is 4. The lowest BCUT2D eigenvalue weighted by Gasteiger charge is -2.41. The van der Waals surface area contributed by atoms with E-state index in [0.717, 1.165) is 24.2 Å². The Kier molecular flexibility index (Phi) is 5.77. The van der Waals surface area contributed by atoms with Crippen LogP contribution in [0.1, 0.15) is 19.4 Å². The van der Waals surface area contributed by atoms with E-state index < -0.39 is 10.7 Å². The minimum atomic E-state index is -2.81. The predicted molar refractivity (Wildman–Crippen MR) is 131 cm³/mol. The first-order chi connectivity index (χ1) is 16.4. The molecule has 3 heterocycles. The molecule has 9 heteroatoms. The van der Waals surface area contributed by atoms with E-state index in [9.17, 15) is 13.7 Å². The van der Waals surface area contributed by atoms with Crippen molar-refractivity contribution >= 4 is 22.0 Å². The van der Waals surface area contributed by atoms with E-state index in [1.165, 1.54) is 17.8 Å². The third-order valence-electron chi connectivity index (χ3n) is 6.25. The van der Waals surface area contributed by atoms with E-state index in [4.69, 9.17) is 0 Å². The maximum Gasteiger partial charge on any atom is 0.168 e. The van der Waals surface area contributed by atoms with Crippen molar-refractivity contribution < 1.29 is 8.42 Å². The molecular formula is C25H24N6O2S. The Morgan fingerprint density at radius 3 is 2.41 bits per heavy atom. The Morgan fingerprint density at radius 2 is 1.74 bits per heavy atom. The van der Waals surface area contributed by atoms with Crippen LogP contribution in [0, 0.1) is 11.3 Å². The van der Waals surface area contributed by atoms with Gasteiger partial charge in [-0.25, -0.2) is 17.9 Å². The van der Waals surface area contributed by atoms with Gasteiger partial charge in [0, 0.05) is 54.4 Å². The number of fused-ring (bicyclic) bond motifs is 1. The molecule has 34 heavy (non-hydrogen) atoms. The van der Waals surface area contributed by atoms with Gasteiger partial charge in [0.15, 0.2) is 16.4 Å². The largest absolute Gasteiger partial charge is 0.364 e. The van der Waals surface area contributed by atoms with Crippen molar-refractivity contribution in [2.24, 2.45) is 0 Å². The molecule has 0 radical (unpaired) electrons. The van der Waals surface area contributed by atoms with Crippen molar-refractivity contribution in [2.75, 3.05) is 18.0 Å². The minimum Gasteiger partial charge on any atom is -0.364 e. The van der Waals surface area contributed by atoms with Crippen LogP contribution in [0.5, 0.6) is 0 Å². The Balaban J connectivity index is 1.48. The summed E-state index contributed by atoms with van der Waals surface area (Å²) in [5, 5.41) is 17.2. The summed E-state index contributed by atoms with van der Waals surface area (Å²) < 4.78 is 24.7. The van der Waals surface area contributed by atoms with Crippen LogP contribution in [0.25, 0.3) is 27.9 Å². The Bertz CT molecular complexity index is 1470. The zero-order chi connectivity index (χ0) is 23.8. The zero-order valence-electron chi connectivity index (χ0n) is 18.8. The van der Waals surface area contributed by atoms with E-state index in [1.54, 1.807) is 23.0 Å². The molecule has 8 nitrogen and oxygen atoms in total. The summed E-state index contributed by atoms with van der Waals surface area (Å²) in [6.45, 7) is 6.40. The van der Waals surface area contributed by atoms with Gasteiger partial charge < -0.3 is 10.2 Å². The Morgan fingerprint density at radius 1 is 1.00 bits per heavy atom. The fraction of sp³-hybridized carbons (Fsp3) is 0.240. The van der Waals surface area contributed by atoms with Gasteiger partial charge in [-0.1, -0.05) is 12.1 Å². The third-order valence-corrected chi connectivity index (χ3v) is 6.93. The van der Waals surface area contributed by atoms with Gasteiger partial charge in [-0.15, -0.1) is 0 Å². The Hall–Kier alpha value is -3.74. The van der Waals surface area contributed by atoms with Gasteiger partial charge >= 0.3 is 0 Å². The van der Waals surface area contributed by atoms with Crippen LogP contribution in [0.4, 0.5) is 5.69 Å². The van der Waals surface area contributed by atoms with Crippen LogP contribution < -0.4 is 10.2 Å². The molecule has 0 bridgehead atoms. The number of nitrogens with one attached hydrogen (secondary N) is 1. The van der Waals surface area contributed by atoms with Crippen molar-refractivity contribution in [3.8, 4) is 28.3 Å². The molecule has 172 valence electrons. The average molecular weight is 473 g/mol. The third kappa shape index (κ3) is 4.02. The van der Waals surface area contributed by atoms with Crippen LogP contribution in [0.3, 0.4) is 0 Å². The maximum atomic E-state index is 11.5. The van der Waals surface area contributed by atoms with Gasteiger partial charge in [-0.2, -0.15) is 10.4 Å². The van der Waals surface area contributed by atoms with Crippen molar-refractivity contribution in [1.82, 2.24) is 19.9 Å². The van der Waals surface area contributed by atoms with Crippen molar-refractivity contribution in [2.45, 2.75) is 30.8 Å². The number of thiol groups is 1. The molecule has 1 saturated heterocycles. The molecule has 1 aliphatic heterocycles. The summed E-state index contributed by atoms with van der Waals surface area (Å²) in [4.78, 5) is 7.14. The number of benzene rings is 2. The van der Waals surface area contributed by atoms with E-state index in [2.05, 4.69) is 58.4 Å². The second kappa shape index (κ2) is 8.89. The molecule has 1 fully saturated rings. The first-order valence-electron chi connectivity index (χ1n) is 11.1. The van der Waals surface area contributed by atoms with Crippen molar-refractivity contribution in [1.29, 1.82) is 5.26 Å². The van der Waals surface area contributed by atoms with Crippen molar-refractivity contribution in [3.63, 3.8) is 0 Å². The van der Waals surface area contributed by atoms with Gasteiger partial charge in [-0.3, -0.25) is 0 Å². The van der Waals surface area contributed by atoms with E-state index in [0.29, 0.717) is 28.9 Å². The highest BCUT2D eigenvalue weighted by molar-refractivity contribution is 7.72. The molecule has 5 rings (SSSR count). The second-order valence-corrected chi connectivity index (χ2v) is 9.65. The minimum absolute atomic E-state index is 0.0910. The first kappa shape index (κ1) is 22.1. The number of aromatic nitrogens is 3. The number of nitrogens with zero attached hydrogens (tertiary/aromatic N) is 5. The smallest absolute Gasteiger partial charge is 0.168 e. The number of nitriles is 1. The molecule has 1 N–H and O–H groups in total. The van der Waals surface area contributed by atoms with Crippen LogP contribution in [0.2, 0.25) is 0 Å². The average Bonchev–Trinajstić information content (AvgIpc) is 3.27. The fourth-order valence-electron chi connectivity index (χ4n) is 4.63. The van der Waals surface area contributed by atoms with Gasteiger partial charge in [0.25, 0.3) is 0 Å². The molecule has 4 aromatic rings. The number of hydrogen-bond donors (Lipinski definition) is 2.